The number of anilines is 1. The summed E-state index contributed by atoms with van der Waals surface area (Å²) in [6, 6.07) is 16.7. The van der Waals surface area contributed by atoms with Gasteiger partial charge in [-0.2, -0.15) is 0 Å². The number of para-hydroxylation sites is 1. The van der Waals surface area contributed by atoms with Crippen molar-refractivity contribution in [2.75, 3.05) is 5.32 Å². The molecule has 5 rings (SSSR count). The lowest BCUT2D eigenvalue weighted by Crippen LogP contribution is -2.11. The van der Waals surface area contributed by atoms with Crippen molar-refractivity contribution in [3.63, 3.8) is 0 Å². The van der Waals surface area contributed by atoms with E-state index in [1.54, 1.807) is 6.20 Å². The second kappa shape index (κ2) is 8.56. The summed E-state index contributed by atoms with van der Waals surface area (Å²) in [4.78, 5) is 16.8. The van der Waals surface area contributed by atoms with Gasteiger partial charge in [0.25, 0.3) is 0 Å². The van der Waals surface area contributed by atoms with E-state index in [0.29, 0.717) is 16.8 Å². The van der Waals surface area contributed by atoms with Crippen LogP contribution in [-0.4, -0.2) is 15.5 Å². The number of carbonyl (C=O) groups excluding carboxylic acids is 1. The highest BCUT2D eigenvalue weighted by atomic mass is 35.5. The standard InChI is InChI=1S/C26H24ClN3O/c27-26-21-8-4-5-9-22(21)28-17-23(26)29-25(31)13-11-18-10-12-24-19(16-18)14-15-30(24)20-6-2-1-3-7-20/h4-5,8-17,20H,1-3,6-7H2,(H,29,31)/b13-11-. The monoisotopic (exact) mass is 429 g/mol. The van der Waals surface area contributed by atoms with Crippen LogP contribution in [0.15, 0.2) is 67.0 Å². The van der Waals surface area contributed by atoms with Crippen LogP contribution in [0.25, 0.3) is 27.9 Å². The molecule has 0 spiro atoms. The number of hydrogen-bond acceptors (Lipinski definition) is 2. The largest absolute Gasteiger partial charge is 0.344 e. The van der Waals surface area contributed by atoms with Crippen LogP contribution in [-0.2, 0) is 4.79 Å². The molecule has 4 nitrogen and oxygen atoms in total. The molecule has 1 fully saturated rings. The van der Waals surface area contributed by atoms with Crippen LogP contribution in [0.5, 0.6) is 0 Å². The first-order chi connectivity index (χ1) is 15.2. The van der Waals surface area contributed by atoms with Crippen LogP contribution in [0.4, 0.5) is 5.69 Å². The number of nitrogens with zero attached hydrogens (tertiary/aromatic N) is 2. The van der Waals surface area contributed by atoms with E-state index in [2.05, 4.69) is 45.3 Å². The van der Waals surface area contributed by atoms with E-state index in [-0.39, 0.29) is 5.91 Å². The number of hydrogen-bond donors (Lipinski definition) is 1. The molecule has 4 aromatic rings. The van der Waals surface area contributed by atoms with Gasteiger partial charge in [0, 0.05) is 34.6 Å². The third kappa shape index (κ3) is 4.08. The van der Waals surface area contributed by atoms with Gasteiger partial charge in [0.05, 0.1) is 22.4 Å². The van der Waals surface area contributed by atoms with Crippen molar-refractivity contribution in [1.29, 1.82) is 0 Å². The predicted molar refractivity (Wildman–Crippen MR) is 128 cm³/mol. The maximum Gasteiger partial charge on any atom is 0.248 e. The Morgan fingerprint density at radius 1 is 1.10 bits per heavy atom. The molecule has 1 N–H and O–H groups in total. The highest BCUT2D eigenvalue weighted by molar-refractivity contribution is 6.38. The lowest BCUT2D eigenvalue weighted by atomic mass is 9.95. The van der Waals surface area contributed by atoms with Gasteiger partial charge < -0.3 is 9.88 Å². The second-order valence-electron chi connectivity index (χ2n) is 8.16. The Morgan fingerprint density at radius 2 is 1.94 bits per heavy atom. The Morgan fingerprint density at radius 3 is 2.81 bits per heavy atom. The summed E-state index contributed by atoms with van der Waals surface area (Å²) in [6.45, 7) is 0. The van der Waals surface area contributed by atoms with Gasteiger partial charge in [-0.3, -0.25) is 9.78 Å². The minimum atomic E-state index is -0.237. The molecule has 1 amide bonds. The Bertz CT molecular complexity index is 1280. The van der Waals surface area contributed by atoms with Gasteiger partial charge in [0.1, 0.15) is 0 Å². The fourth-order valence-electron chi connectivity index (χ4n) is 4.50. The fourth-order valence-corrected chi connectivity index (χ4v) is 4.76. The molecule has 1 saturated carbocycles. The molecule has 1 aliphatic carbocycles. The van der Waals surface area contributed by atoms with Crippen LogP contribution in [0, 0.1) is 0 Å². The minimum absolute atomic E-state index is 0.237. The summed E-state index contributed by atoms with van der Waals surface area (Å²) < 4.78 is 2.42. The molecular weight excluding hydrogens is 406 g/mol. The van der Waals surface area contributed by atoms with Gasteiger partial charge in [-0.15, -0.1) is 0 Å². The molecule has 1 aliphatic rings. The van der Waals surface area contributed by atoms with Gasteiger partial charge in [0.2, 0.25) is 5.91 Å². The molecule has 2 aromatic heterocycles. The van der Waals surface area contributed by atoms with E-state index in [1.807, 2.05) is 30.3 Å². The average molecular weight is 430 g/mol. The Labute approximate surface area is 186 Å². The van der Waals surface area contributed by atoms with Crippen LogP contribution in [0.3, 0.4) is 0 Å². The van der Waals surface area contributed by atoms with E-state index >= 15 is 0 Å². The van der Waals surface area contributed by atoms with Crippen molar-refractivity contribution in [2.45, 2.75) is 38.1 Å². The maximum absolute atomic E-state index is 12.5. The molecule has 156 valence electrons. The molecule has 0 atom stereocenters. The van der Waals surface area contributed by atoms with Crippen LogP contribution in [0.1, 0.15) is 43.7 Å². The van der Waals surface area contributed by atoms with Gasteiger partial charge >= 0.3 is 0 Å². The van der Waals surface area contributed by atoms with Crippen molar-refractivity contribution in [1.82, 2.24) is 9.55 Å². The zero-order valence-corrected chi connectivity index (χ0v) is 18.0. The summed E-state index contributed by atoms with van der Waals surface area (Å²) in [7, 11) is 0. The summed E-state index contributed by atoms with van der Waals surface area (Å²) in [5.41, 5.74) is 3.57. The molecule has 0 radical (unpaired) electrons. The van der Waals surface area contributed by atoms with Crippen molar-refractivity contribution in [2.24, 2.45) is 0 Å². The summed E-state index contributed by atoms with van der Waals surface area (Å²) >= 11 is 6.45. The first-order valence-corrected chi connectivity index (χ1v) is 11.2. The Hall–Kier alpha value is -3.11. The smallest absolute Gasteiger partial charge is 0.248 e. The molecule has 5 heteroatoms. The lowest BCUT2D eigenvalue weighted by Gasteiger charge is -2.24. The van der Waals surface area contributed by atoms with Crippen LogP contribution in [0.2, 0.25) is 5.02 Å². The van der Waals surface area contributed by atoms with E-state index in [0.717, 1.165) is 16.5 Å². The molecule has 31 heavy (non-hydrogen) atoms. The molecular formula is C26H24ClN3O. The zero-order chi connectivity index (χ0) is 21.2. The van der Waals surface area contributed by atoms with Crippen LogP contribution >= 0.6 is 11.6 Å². The predicted octanol–water partition coefficient (Wildman–Crippen LogP) is 7.00. The van der Waals surface area contributed by atoms with E-state index < -0.39 is 0 Å². The molecule has 0 unspecified atom stereocenters. The molecule has 0 saturated heterocycles. The van der Waals surface area contributed by atoms with Gasteiger partial charge in [-0.05, 0) is 48.7 Å². The number of amides is 1. The number of benzene rings is 2. The summed E-state index contributed by atoms with van der Waals surface area (Å²) in [6.07, 6.45) is 13.7. The number of nitrogens with one attached hydrogen (secondary N) is 1. The highest BCUT2D eigenvalue weighted by Crippen LogP contribution is 2.32. The Kier molecular flexibility index (Phi) is 5.47. The zero-order valence-electron chi connectivity index (χ0n) is 17.2. The maximum atomic E-state index is 12.5. The number of pyridine rings is 1. The second-order valence-corrected chi connectivity index (χ2v) is 8.54. The number of rotatable bonds is 4. The number of carbonyl (C=O) groups is 1. The van der Waals surface area contributed by atoms with Gasteiger partial charge in [-0.1, -0.05) is 55.1 Å². The van der Waals surface area contributed by atoms with E-state index in [4.69, 9.17) is 11.6 Å². The highest BCUT2D eigenvalue weighted by Gasteiger charge is 2.16. The first kappa shape index (κ1) is 19.8. The van der Waals surface area contributed by atoms with Crippen molar-refractivity contribution < 1.29 is 4.79 Å². The minimum Gasteiger partial charge on any atom is -0.344 e. The van der Waals surface area contributed by atoms with Gasteiger partial charge in [-0.25, -0.2) is 0 Å². The molecule has 0 bridgehead atoms. The third-order valence-corrected chi connectivity index (χ3v) is 6.51. The lowest BCUT2D eigenvalue weighted by molar-refractivity contribution is -0.111. The quantitative estimate of drug-likeness (QED) is 0.355. The number of halogens is 1. The van der Waals surface area contributed by atoms with Crippen LogP contribution < -0.4 is 5.32 Å². The first-order valence-electron chi connectivity index (χ1n) is 10.8. The number of aromatic nitrogens is 2. The fraction of sp³-hybridized carbons (Fsp3) is 0.231. The van der Waals surface area contributed by atoms with E-state index in [1.165, 1.54) is 49.1 Å². The van der Waals surface area contributed by atoms with Crippen molar-refractivity contribution >= 4 is 51.1 Å². The topological polar surface area (TPSA) is 46.9 Å². The molecule has 2 aromatic carbocycles. The SMILES string of the molecule is O=C(/C=C\c1ccc2c(ccn2C2CCCCC2)c1)Nc1cnc2ccccc2c1Cl. The van der Waals surface area contributed by atoms with Crippen molar-refractivity contribution in [3.05, 3.63) is 77.6 Å². The Balaban J connectivity index is 1.32. The summed E-state index contributed by atoms with van der Waals surface area (Å²) in [5.74, 6) is -0.237. The number of fused-ring (bicyclic) bond motifs is 2. The summed E-state index contributed by atoms with van der Waals surface area (Å²) in [5, 5.41) is 5.35. The van der Waals surface area contributed by atoms with Crippen molar-refractivity contribution in [3.8, 4) is 0 Å². The van der Waals surface area contributed by atoms with E-state index in [9.17, 15) is 4.79 Å². The average Bonchev–Trinajstić information content (AvgIpc) is 3.24. The normalized spacial score (nSPS) is 15.1. The molecule has 0 aliphatic heterocycles. The third-order valence-electron chi connectivity index (χ3n) is 6.11. The molecule has 2 heterocycles. The van der Waals surface area contributed by atoms with Gasteiger partial charge in [0.15, 0.2) is 0 Å².